The van der Waals surface area contributed by atoms with Crippen LogP contribution in [-0.4, -0.2) is 9.97 Å². The lowest BCUT2D eigenvalue weighted by Gasteiger charge is -2.03. The molecule has 0 bridgehead atoms. The van der Waals surface area contributed by atoms with Gasteiger partial charge in [-0.15, -0.1) is 0 Å². The van der Waals surface area contributed by atoms with Crippen LogP contribution in [0.25, 0.3) is 11.0 Å². The van der Waals surface area contributed by atoms with Gasteiger partial charge in [0.25, 0.3) is 0 Å². The number of aromatic amines is 1. The Morgan fingerprint density at radius 1 is 0.950 bits per heavy atom. The van der Waals surface area contributed by atoms with Gasteiger partial charge in [0.15, 0.2) is 0 Å². The van der Waals surface area contributed by atoms with Crippen LogP contribution in [0.5, 0.6) is 0 Å². The molecule has 0 spiro atoms. The van der Waals surface area contributed by atoms with Crippen LogP contribution in [-0.2, 0) is 12.8 Å². The lowest BCUT2D eigenvalue weighted by atomic mass is 10.0. The van der Waals surface area contributed by atoms with Crippen molar-refractivity contribution >= 4 is 11.0 Å². The molecule has 1 heterocycles. The molecule has 102 valence electrons. The van der Waals surface area contributed by atoms with Crippen LogP contribution in [0.2, 0.25) is 0 Å². The van der Waals surface area contributed by atoms with E-state index in [4.69, 9.17) is 0 Å². The molecule has 0 aliphatic rings. The first kappa shape index (κ1) is 12.9. The highest BCUT2D eigenvalue weighted by Gasteiger charge is 2.05. The molecule has 2 aromatic carbocycles. The van der Waals surface area contributed by atoms with E-state index in [2.05, 4.69) is 67.1 Å². The topological polar surface area (TPSA) is 28.7 Å². The highest BCUT2D eigenvalue weighted by Crippen LogP contribution is 2.17. The van der Waals surface area contributed by atoms with Crippen LogP contribution in [0.3, 0.4) is 0 Å². The van der Waals surface area contributed by atoms with Gasteiger partial charge in [0.1, 0.15) is 5.82 Å². The van der Waals surface area contributed by atoms with Gasteiger partial charge in [0, 0.05) is 6.42 Å². The molecule has 1 N–H and O–H groups in total. The number of nitrogens with one attached hydrogen (secondary N) is 1. The summed E-state index contributed by atoms with van der Waals surface area (Å²) in [6.45, 7) is 6.48. The van der Waals surface area contributed by atoms with E-state index in [-0.39, 0.29) is 0 Å². The minimum Gasteiger partial charge on any atom is -0.342 e. The molecule has 0 amide bonds. The van der Waals surface area contributed by atoms with E-state index in [1.54, 1.807) is 0 Å². The average molecular weight is 264 g/mol. The number of nitrogens with zero attached hydrogens (tertiary/aromatic N) is 1. The average Bonchev–Trinajstić information content (AvgIpc) is 2.84. The maximum absolute atomic E-state index is 4.68. The number of H-pyrrole nitrogens is 1. The Morgan fingerprint density at radius 2 is 1.75 bits per heavy atom. The molecule has 0 aliphatic heterocycles. The highest BCUT2D eigenvalue weighted by atomic mass is 14.9. The normalized spacial score (nSPS) is 11.2. The maximum Gasteiger partial charge on any atom is 0.111 e. The Kier molecular flexibility index (Phi) is 3.31. The number of hydrogen-bond acceptors (Lipinski definition) is 1. The molecule has 0 aliphatic carbocycles. The van der Waals surface area contributed by atoms with E-state index >= 15 is 0 Å². The summed E-state index contributed by atoms with van der Waals surface area (Å²) in [4.78, 5) is 8.12. The van der Waals surface area contributed by atoms with Crippen molar-refractivity contribution < 1.29 is 0 Å². The van der Waals surface area contributed by atoms with Crippen molar-refractivity contribution in [1.29, 1.82) is 0 Å². The molecule has 0 saturated carbocycles. The first-order valence-electron chi connectivity index (χ1n) is 7.19. The van der Waals surface area contributed by atoms with E-state index in [0.29, 0.717) is 0 Å². The van der Waals surface area contributed by atoms with Gasteiger partial charge in [-0.25, -0.2) is 4.98 Å². The molecule has 3 aromatic rings. The minimum atomic E-state index is 0.858. The van der Waals surface area contributed by atoms with Crippen LogP contribution in [0, 0.1) is 13.8 Å². The van der Waals surface area contributed by atoms with Gasteiger partial charge in [0.05, 0.1) is 11.0 Å². The number of aryl methyl sites for hydroxylation is 3. The Morgan fingerprint density at radius 3 is 2.50 bits per heavy atom. The van der Waals surface area contributed by atoms with Crippen LogP contribution >= 0.6 is 0 Å². The summed E-state index contributed by atoms with van der Waals surface area (Å²) in [5.41, 5.74) is 7.53. The predicted octanol–water partition coefficient (Wildman–Crippen LogP) is 4.33. The number of imidazole rings is 1. The Labute approximate surface area is 119 Å². The molecule has 2 heteroatoms. The van der Waals surface area contributed by atoms with Crippen molar-refractivity contribution in [1.82, 2.24) is 9.97 Å². The van der Waals surface area contributed by atoms with Gasteiger partial charge in [-0.3, -0.25) is 0 Å². The molecule has 0 radical (unpaired) electrons. The molecule has 3 rings (SSSR count). The molecule has 0 unspecified atom stereocenters. The number of aromatic nitrogens is 2. The number of rotatable bonds is 3. The van der Waals surface area contributed by atoms with Crippen molar-refractivity contribution in [3.05, 3.63) is 64.5 Å². The monoisotopic (exact) mass is 264 g/mol. The van der Waals surface area contributed by atoms with Crippen molar-refractivity contribution in [2.24, 2.45) is 0 Å². The van der Waals surface area contributed by atoms with Crippen molar-refractivity contribution in [2.75, 3.05) is 0 Å². The SMILES string of the molecule is CCc1ccc2nc(Cc3ccc(C)c(C)c3)[nH]c2c1. The summed E-state index contributed by atoms with van der Waals surface area (Å²) in [7, 11) is 0. The fourth-order valence-electron chi connectivity index (χ4n) is 2.52. The first-order valence-corrected chi connectivity index (χ1v) is 7.19. The zero-order chi connectivity index (χ0) is 14.1. The van der Waals surface area contributed by atoms with Gasteiger partial charge < -0.3 is 4.98 Å². The first-order chi connectivity index (χ1) is 9.65. The Hall–Kier alpha value is -2.09. The largest absolute Gasteiger partial charge is 0.342 e. The number of benzene rings is 2. The van der Waals surface area contributed by atoms with Crippen LogP contribution in [0.1, 0.15) is 35.0 Å². The summed E-state index contributed by atoms with van der Waals surface area (Å²) < 4.78 is 0. The van der Waals surface area contributed by atoms with E-state index in [0.717, 1.165) is 29.7 Å². The Balaban J connectivity index is 1.92. The summed E-state index contributed by atoms with van der Waals surface area (Å²) in [5, 5.41) is 0. The predicted molar refractivity (Wildman–Crippen MR) is 84.2 cm³/mol. The van der Waals surface area contributed by atoms with Gasteiger partial charge >= 0.3 is 0 Å². The summed E-state index contributed by atoms with van der Waals surface area (Å²) in [6.07, 6.45) is 1.92. The van der Waals surface area contributed by atoms with Crippen LogP contribution in [0.4, 0.5) is 0 Å². The number of hydrogen-bond donors (Lipinski definition) is 1. The van der Waals surface area contributed by atoms with Crippen molar-refractivity contribution in [3.63, 3.8) is 0 Å². The third kappa shape index (κ3) is 2.46. The van der Waals surface area contributed by atoms with Gasteiger partial charge in [-0.05, 0) is 54.7 Å². The molecular weight excluding hydrogens is 244 g/mol. The summed E-state index contributed by atoms with van der Waals surface area (Å²) in [6, 6.07) is 13.1. The second-order valence-corrected chi connectivity index (χ2v) is 5.48. The van der Waals surface area contributed by atoms with E-state index in [9.17, 15) is 0 Å². The third-order valence-corrected chi connectivity index (χ3v) is 3.95. The molecule has 1 aromatic heterocycles. The lowest BCUT2D eigenvalue weighted by Crippen LogP contribution is -1.92. The van der Waals surface area contributed by atoms with E-state index in [1.165, 1.54) is 22.3 Å². The summed E-state index contributed by atoms with van der Waals surface area (Å²) >= 11 is 0. The fraction of sp³-hybridized carbons (Fsp3) is 0.278. The second-order valence-electron chi connectivity index (χ2n) is 5.48. The van der Waals surface area contributed by atoms with Gasteiger partial charge in [-0.1, -0.05) is 31.2 Å². The lowest BCUT2D eigenvalue weighted by molar-refractivity contribution is 1.03. The molecule has 0 saturated heterocycles. The smallest absolute Gasteiger partial charge is 0.111 e. The zero-order valence-electron chi connectivity index (χ0n) is 12.3. The minimum absolute atomic E-state index is 0.858. The van der Waals surface area contributed by atoms with Crippen LogP contribution in [0.15, 0.2) is 36.4 Å². The van der Waals surface area contributed by atoms with Crippen molar-refractivity contribution in [2.45, 2.75) is 33.6 Å². The number of fused-ring (bicyclic) bond motifs is 1. The third-order valence-electron chi connectivity index (χ3n) is 3.95. The molecule has 2 nitrogen and oxygen atoms in total. The quantitative estimate of drug-likeness (QED) is 0.749. The standard InChI is InChI=1S/C18H20N2/c1-4-14-7-8-16-17(10-14)20-18(19-16)11-15-6-5-12(2)13(3)9-15/h5-10H,4,11H2,1-3H3,(H,19,20). The van der Waals surface area contributed by atoms with Crippen molar-refractivity contribution in [3.8, 4) is 0 Å². The van der Waals surface area contributed by atoms with Gasteiger partial charge in [0.2, 0.25) is 0 Å². The van der Waals surface area contributed by atoms with Crippen LogP contribution < -0.4 is 0 Å². The molecular formula is C18H20N2. The highest BCUT2D eigenvalue weighted by molar-refractivity contribution is 5.76. The second kappa shape index (κ2) is 5.12. The van der Waals surface area contributed by atoms with E-state index in [1.807, 2.05) is 0 Å². The molecule has 0 atom stereocenters. The maximum atomic E-state index is 4.68. The summed E-state index contributed by atoms with van der Waals surface area (Å²) in [5.74, 6) is 1.04. The van der Waals surface area contributed by atoms with Gasteiger partial charge in [-0.2, -0.15) is 0 Å². The molecule has 0 fully saturated rings. The zero-order valence-corrected chi connectivity index (χ0v) is 12.3. The Bertz CT molecular complexity index is 753. The van der Waals surface area contributed by atoms with E-state index < -0.39 is 0 Å². The fourth-order valence-corrected chi connectivity index (χ4v) is 2.52. The molecule has 20 heavy (non-hydrogen) atoms.